The van der Waals surface area contributed by atoms with E-state index in [1.807, 2.05) is 32.9 Å². The molecule has 0 radical (unpaired) electrons. The number of aromatic amines is 1. The van der Waals surface area contributed by atoms with Crippen LogP contribution in [0.4, 0.5) is 9.18 Å². The van der Waals surface area contributed by atoms with Crippen LogP contribution in [0.3, 0.4) is 0 Å². The van der Waals surface area contributed by atoms with Crippen molar-refractivity contribution < 1.29 is 28.2 Å². The van der Waals surface area contributed by atoms with Crippen LogP contribution in [0, 0.1) is 5.82 Å². The Kier molecular flexibility index (Phi) is 11.1. The van der Waals surface area contributed by atoms with Crippen LogP contribution >= 0.6 is 0 Å². The number of hydrogen-bond acceptors (Lipinski definition) is 8. The van der Waals surface area contributed by atoms with E-state index < -0.39 is 17.3 Å². The maximum Gasteiger partial charge on any atom is 0.410 e. The molecule has 1 N–H and O–H groups in total. The number of carbonyl (C=O) groups is 3. The Morgan fingerprint density at radius 1 is 0.979 bits per heavy atom. The van der Waals surface area contributed by atoms with Crippen LogP contribution in [-0.2, 0) is 20.7 Å². The van der Waals surface area contributed by atoms with Gasteiger partial charge in [-0.3, -0.25) is 19.3 Å². The van der Waals surface area contributed by atoms with Crippen molar-refractivity contribution in [1.29, 1.82) is 0 Å². The van der Waals surface area contributed by atoms with Gasteiger partial charge in [-0.15, -0.1) is 0 Å². The summed E-state index contributed by atoms with van der Waals surface area (Å²) >= 11 is 0. The highest BCUT2D eigenvalue weighted by Crippen LogP contribution is 2.21. The minimum absolute atomic E-state index is 0.00857. The summed E-state index contributed by atoms with van der Waals surface area (Å²) in [6.45, 7) is 9.50. The molecule has 2 aliphatic heterocycles. The van der Waals surface area contributed by atoms with E-state index in [0.29, 0.717) is 74.3 Å². The van der Waals surface area contributed by atoms with Crippen LogP contribution in [0.1, 0.15) is 55.2 Å². The zero-order chi connectivity index (χ0) is 34.4. The summed E-state index contributed by atoms with van der Waals surface area (Å²) < 4.78 is 26.2. The molecule has 0 saturated carbocycles. The van der Waals surface area contributed by atoms with E-state index in [1.165, 1.54) is 11.0 Å². The lowest BCUT2D eigenvalue weighted by Crippen LogP contribution is -2.53. The summed E-state index contributed by atoms with van der Waals surface area (Å²) in [7, 11) is 1.69. The lowest BCUT2D eigenvalue weighted by Gasteiger charge is -2.37. The number of benzene rings is 2. The third-order valence-corrected chi connectivity index (χ3v) is 8.71. The average molecular weight is 665 g/mol. The van der Waals surface area contributed by atoms with E-state index in [9.17, 15) is 23.6 Å². The molecule has 12 nitrogen and oxygen atoms in total. The van der Waals surface area contributed by atoms with Crippen molar-refractivity contribution in [3.8, 4) is 0 Å². The smallest absolute Gasteiger partial charge is 0.410 e. The Balaban J connectivity index is 1.06. The highest BCUT2D eigenvalue weighted by atomic mass is 19.1. The molecule has 0 atom stereocenters. The second-order valence-corrected chi connectivity index (χ2v) is 13.5. The number of piperazine rings is 1. The molecule has 48 heavy (non-hydrogen) atoms. The molecule has 2 saturated heterocycles. The largest absolute Gasteiger partial charge is 0.444 e. The number of likely N-dealkylation sites (tertiary alicyclic amines) is 1. The van der Waals surface area contributed by atoms with Crippen molar-refractivity contribution in [2.45, 2.75) is 51.7 Å². The van der Waals surface area contributed by atoms with Crippen LogP contribution in [0.2, 0.25) is 0 Å². The van der Waals surface area contributed by atoms with Crippen LogP contribution in [0.5, 0.6) is 0 Å². The molecule has 0 bridgehead atoms. The maximum absolute atomic E-state index is 14.9. The topological polar surface area (TPSA) is 128 Å². The second-order valence-electron chi connectivity index (χ2n) is 13.5. The Labute approximate surface area is 279 Å². The number of ether oxygens (including phenoxy) is 2. The van der Waals surface area contributed by atoms with E-state index in [0.717, 1.165) is 25.9 Å². The SMILES string of the molecule is CN(CCOC1CCN(CC(=O)N2CCN(C(=O)c3cc(Cc4n[nH]c(=O)c5ccccc45)ccc3F)CC2)CC1)C(=O)OC(C)(C)C. The Morgan fingerprint density at radius 3 is 2.33 bits per heavy atom. The monoisotopic (exact) mass is 664 g/mol. The summed E-state index contributed by atoms with van der Waals surface area (Å²) in [5.74, 6) is -1.02. The number of halogens is 1. The van der Waals surface area contributed by atoms with Gasteiger partial charge in [-0.2, -0.15) is 5.10 Å². The molecule has 0 aliphatic carbocycles. The molecule has 0 spiro atoms. The normalized spacial score (nSPS) is 16.3. The minimum Gasteiger partial charge on any atom is -0.444 e. The number of aromatic nitrogens is 2. The van der Waals surface area contributed by atoms with Gasteiger partial charge >= 0.3 is 6.09 Å². The Morgan fingerprint density at radius 2 is 1.65 bits per heavy atom. The quantitative estimate of drug-likeness (QED) is 0.369. The molecule has 2 fully saturated rings. The van der Waals surface area contributed by atoms with E-state index in [4.69, 9.17) is 9.47 Å². The lowest BCUT2D eigenvalue weighted by atomic mass is 10.0. The Hall–Kier alpha value is -4.36. The van der Waals surface area contributed by atoms with Crippen LogP contribution in [0.25, 0.3) is 10.8 Å². The fourth-order valence-electron chi connectivity index (χ4n) is 5.99. The number of H-pyrrole nitrogens is 1. The van der Waals surface area contributed by atoms with Gasteiger partial charge in [-0.25, -0.2) is 14.3 Å². The number of amides is 3. The number of nitrogens with one attached hydrogen (secondary N) is 1. The standard InChI is InChI=1S/C35H45FN6O6/c1-35(2,3)48-34(46)39(4)19-20-47-25-11-13-40(14-12-25)23-31(43)41-15-17-42(18-16-41)33(45)28-21-24(9-10-29(28)36)22-30-26-7-5-6-8-27(26)32(44)38-37-30/h5-10,21,25H,11-20,22-23H2,1-4H3,(H,38,44). The van der Waals surface area contributed by atoms with Gasteiger partial charge in [0, 0.05) is 64.7 Å². The van der Waals surface area contributed by atoms with Gasteiger partial charge in [0.15, 0.2) is 0 Å². The van der Waals surface area contributed by atoms with Gasteiger partial charge in [-0.1, -0.05) is 24.3 Å². The lowest BCUT2D eigenvalue weighted by molar-refractivity contribution is -0.134. The van der Waals surface area contributed by atoms with Crippen molar-refractivity contribution in [3.63, 3.8) is 0 Å². The number of piperidine rings is 1. The summed E-state index contributed by atoms with van der Waals surface area (Å²) in [4.78, 5) is 57.7. The van der Waals surface area contributed by atoms with Gasteiger partial charge < -0.3 is 24.2 Å². The first-order valence-electron chi connectivity index (χ1n) is 16.5. The first-order chi connectivity index (χ1) is 22.9. The first-order valence-corrected chi connectivity index (χ1v) is 16.5. The van der Waals surface area contributed by atoms with E-state index in [-0.39, 0.29) is 29.2 Å². The number of rotatable bonds is 9. The molecule has 2 aromatic carbocycles. The molecule has 3 amide bonds. The molecule has 3 heterocycles. The maximum atomic E-state index is 14.9. The van der Waals surface area contributed by atoms with Crippen LogP contribution < -0.4 is 5.56 Å². The molecule has 13 heteroatoms. The molecular formula is C35H45FN6O6. The third kappa shape index (κ3) is 8.95. The molecule has 0 unspecified atom stereocenters. The van der Waals surface area contributed by atoms with Crippen LogP contribution in [0.15, 0.2) is 47.3 Å². The molecule has 2 aliphatic rings. The summed E-state index contributed by atoms with van der Waals surface area (Å²) in [5, 5.41) is 7.94. The van der Waals surface area contributed by atoms with Crippen molar-refractivity contribution in [3.05, 3.63) is 75.5 Å². The highest BCUT2D eigenvalue weighted by molar-refractivity contribution is 5.95. The fourth-order valence-corrected chi connectivity index (χ4v) is 5.99. The number of likely N-dealkylation sites (N-methyl/N-ethyl adjacent to an activating group) is 1. The Bertz CT molecular complexity index is 1670. The third-order valence-electron chi connectivity index (χ3n) is 8.71. The van der Waals surface area contributed by atoms with Crippen molar-refractivity contribution in [2.24, 2.45) is 0 Å². The van der Waals surface area contributed by atoms with E-state index in [1.54, 1.807) is 41.1 Å². The average Bonchev–Trinajstić information content (AvgIpc) is 3.06. The van der Waals surface area contributed by atoms with Gasteiger partial charge in [0.05, 0.1) is 35.9 Å². The predicted octanol–water partition coefficient (Wildman–Crippen LogP) is 3.29. The summed E-state index contributed by atoms with van der Waals surface area (Å²) in [5.41, 5.74) is 0.469. The van der Waals surface area contributed by atoms with E-state index in [2.05, 4.69) is 15.1 Å². The van der Waals surface area contributed by atoms with Crippen molar-refractivity contribution in [1.82, 2.24) is 29.8 Å². The van der Waals surface area contributed by atoms with Gasteiger partial charge in [-0.05, 0) is 57.4 Å². The molecule has 258 valence electrons. The van der Waals surface area contributed by atoms with Crippen molar-refractivity contribution >= 4 is 28.7 Å². The van der Waals surface area contributed by atoms with Gasteiger partial charge in [0.25, 0.3) is 11.5 Å². The first kappa shape index (κ1) is 35.0. The fraction of sp³-hybridized carbons (Fsp3) is 0.514. The summed E-state index contributed by atoms with van der Waals surface area (Å²) in [6, 6.07) is 11.6. The van der Waals surface area contributed by atoms with Gasteiger partial charge in [0.1, 0.15) is 11.4 Å². The van der Waals surface area contributed by atoms with Crippen molar-refractivity contribution in [2.75, 3.05) is 66.0 Å². The highest BCUT2D eigenvalue weighted by Gasteiger charge is 2.29. The van der Waals surface area contributed by atoms with E-state index >= 15 is 0 Å². The number of nitrogens with zero attached hydrogens (tertiary/aromatic N) is 5. The minimum atomic E-state index is -0.607. The van der Waals surface area contributed by atoms with Crippen LogP contribution in [-0.4, -0.2) is 125 Å². The molecule has 1 aromatic heterocycles. The molecule has 5 rings (SSSR count). The zero-order valence-corrected chi connectivity index (χ0v) is 28.2. The zero-order valence-electron chi connectivity index (χ0n) is 28.2. The second kappa shape index (κ2) is 15.2. The number of hydrogen-bond donors (Lipinski definition) is 1. The number of carbonyl (C=O) groups excluding carboxylic acids is 3. The number of fused-ring (bicyclic) bond motifs is 1. The molecular weight excluding hydrogens is 619 g/mol. The van der Waals surface area contributed by atoms with Gasteiger partial charge in [0.2, 0.25) is 5.91 Å². The predicted molar refractivity (Wildman–Crippen MR) is 178 cm³/mol. The molecule has 3 aromatic rings. The summed E-state index contributed by atoms with van der Waals surface area (Å²) in [6.07, 6.45) is 1.60.